The van der Waals surface area contributed by atoms with Crippen LogP contribution in [0.5, 0.6) is 5.75 Å². The smallest absolute Gasteiger partial charge is 0.459 e. The highest BCUT2D eigenvalue weighted by Crippen LogP contribution is 2.46. The molecular weight excluding hydrogens is 510 g/mol. The molecule has 2 unspecified atom stereocenters. The molecule has 1 aromatic carbocycles. The van der Waals surface area contributed by atoms with Gasteiger partial charge in [0.1, 0.15) is 41.8 Å². The van der Waals surface area contributed by atoms with E-state index in [1.165, 1.54) is 31.7 Å². The normalized spacial score (nSPS) is 22.2. The lowest BCUT2D eigenvalue weighted by atomic mass is 10.2. The summed E-state index contributed by atoms with van der Waals surface area (Å²) in [6, 6.07) is 3.70. The average Bonchev–Trinajstić information content (AvgIpc) is 3.43. The van der Waals surface area contributed by atoms with Gasteiger partial charge in [-0.05, 0) is 45.0 Å². The van der Waals surface area contributed by atoms with Crippen LogP contribution in [0, 0.1) is 5.82 Å². The fourth-order valence-corrected chi connectivity index (χ4v) is 5.14. The number of benzene rings is 1. The van der Waals surface area contributed by atoms with Gasteiger partial charge in [-0.2, -0.15) is 5.09 Å². The van der Waals surface area contributed by atoms with Crippen LogP contribution in [-0.2, 0) is 23.4 Å². The molecule has 0 amide bonds. The zero-order valence-electron chi connectivity index (χ0n) is 20.4. The molecule has 0 saturated carbocycles. The Hall–Kier alpha value is -3.16. The number of carbonyl (C=O) groups is 1. The standard InChI is InChI=1S/C22H28FN6O7P/c1-12(2)34-22(31)13(3)28-37(32,36-15-6-4-14(23)5-7-15)33-9-17-16(30)8-18(35-17)29-11-27-19-20(24)25-10-26-21(19)29/h4-7,10-13,16-18,30H,8-9H2,1-3H3,(H,28,32)(H2,24,25,26)/t13-,16+,17?,18+,37?/m0/s1. The van der Waals surface area contributed by atoms with Crippen molar-refractivity contribution in [1.82, 2.24) is 24.6 Å². The summed E-state index contributed by atoms with van der Waals surface area (Å²) in [6.45, 7) is 4.42. The van der Waals surface area contributed by atoms with Gasteiger partial charge in [0.25, 0.3) is 0 Å². The second kappa shape index (κ2) is 11.1. The Kier molecular flexibility index (Phi) is 8.05. The molecule has 5 atom stereocenters. The van der Waals surface area contributed by atoms with Crippen LogP contribution in [0.1, 0.15) is 33.4 Å². The third-order valence-electron chi connectivity index (χ3n) is 5.41. The van der Waals surface area contributed by atoms with Gasteiger partial charge in [0, 0.05) is 6.42 Å². The van der Waals surface area contributed by atoms with Gasteiger partial charge in [0.15, 0.2) is 11.5 Å². The number of hydrogen-bond acceptors (Lipinski definition) is 11. The Morgan fingerprint density at radius 2 is 2.03 bits per heavy atom. The van der Waals surface area contributed by atoms with E-state index < -0.39 is 50.1 Å². The second-order valence-corrected chi connectivity index (χ2v) is 10.4. The molecule has 1 aliphatic heterocycles. The SMILES string of the molecule is CC(C)OC(=O)[C@H](C)NP(=O)(OCC1O[C@@H](n2cnc3c(N)ncnc32)C[C@H]1O)Oc1ccc(F)cc1. The van der Waals surface area contributed by atoms with E-state index in [0.29, 0.717) is 11.2 Å². The number of nitrogens with two attached hydrogens (primary N) is 1. The Balaban J connectivity index is 1.47. The number of ether oxygens (including phenoxy) is 2. The van der Waals surface area contributed by atoms with Crippen molar-refractivity contribution < 1.29 is 37.4 Å². The number of aliphatic hydroxyl groups is 1. The van der Waals surface area contributed by atoms with Crippen molar-refractivity contribution >= 4 is 30.7 Å². The van der Waals surface area contributed by atoms with Crippen molar-refractivity contribution in [3.8, 4) is 5.75 Å². The first-order valence-corrected chi connectivity index (χ1v) is 13.0. The highest BCUT2D eigenvalue weighted by molar-refractivity contribution is 7.52. The number of nitrogen functional groups attached to an aromatic ring is 1. The number of fused-ring (bicyclic) bond motifs is 1. The van der Waals surface area contributed by atoms with Crippen molar-refractivity contribution in [3.63, 3.8) is 0 Å². The van der Waals surface area contributed by atoms with Gasteiger partial charge in [0.05, 0.1) is 25.1 Å². The van der Waals surface area contributed by atoms with Crippen LogP contribution in [0.25, 0.3) is 11.2 Å². The molecule has 0 aliphatic carbocycles. The Labute approximate surface area is 211 Å². The number of imidazole rings is 1. The maximum atomic E-state index is 13.6. The van der Waals surface area contributed by atoms with Crippen LogP contribution < -0.4 is 15.3 Å². The largest absolute Gasteiger partial charge is 0.462 e. The molecule has 1 saturated heterocycles. The number of carbonyl (C=O) groups excluding carboxylic acids is 1. The second-order valence-electron chi connectivity index (χ2n) is 8.69. The average molecular weight is 538 g/mol. The highest BCUT2D eigenvalue weighted by Gasteiger charge is 2.40. The molecule has 4 rings (SSSR count). The van der Waals surface area contributed by atoms with Crippen LogP contribution in [0.3, 0.4) is 0 Å². The lowest BCUT2D eigenvalue weighted by molar-refractivity contribution is -0.149. The predicted molar refractivity (Wildman–Crippen MR) is 129 cm³/mol. The van der Waals surface area contributed by atoms with E-state index in [0.717, 1.165) is 12.1 Å². The van der Waals surface area contributed by atoms with Gasteiger partial charge in [-0.25, -0.2) is 23.9 Å². The molecule has 1 aliphatic rings. The van der Waals surface area contributed by atoms with Gasteiger partial charge in [-0.3, -0.25) is 13.9 Å². The van der Waals surface area contributed by atoms with E-state index in [4.69, 9.17) is 24.3 Å². The zero-order valence-corrected chi connectivity index (χ0v) is 21.2. The number of nitrogens with zero attached hydrogens (tertiary/aromatic N) is 4. The molecule has 3 heterocycles. The maximum Gasteiger partial charge on any atom is 0.459 e. The summed E-state index contributed by atoms with van der Waals surface area (Å²) in [5.41, 5.74) is 6.65. The fraction of sp³-hybridized carbons (Fsp3) is 0.455. The molecule has 2 aromatic heterocycles. The minimum atomic E-state index is -4.23. The van der Waals surface area contributed by atoms with Gasteiger partial charge >= 0.3 is 13.7 Å². The van der Waals surface area contributed by atoms with Crippen LogP contribution >= 0.6 is 7.75 Å². The molecule has 0 spiro atoms. The first-order valence-electron chi connectivity index (χ1n) is 11.5. The van der Waals surface area contributed by atoms with Crippen molar-refractivity contribution in [2.45, 2.75) is 57.8 Å². The van der Waals surface area contributed by atoms with Crippen molar-refractivity contribution in [3.05, 3.63) is 42.7 Å². The minimum Gasteiger partial charge on any atom is -0.462 e. The molecule has 3 aromatic rings. The lowest BCUT2D eigenvalue weighted by Crippen LogP contribution is -2.37. The fourth-order valence-electron chi connectivity index (χ4n) is 3.64. The molecule has 4 N–H and O–H groups in total. The predicted octanol–water partition coefficient (Wildman–Crippen LogP) is 2.33. The lowest BCUT2D eigenvalue weighted by Gasteiger charge is -2.25. The summed E-state index contributed by atoms with van der Waals surface area (Å²) in [4.78, 5) is 24.6. The first kappa shape index (κ1) is 26.9. The van der Waals surface area contributed by atoms with Crippen LogP contribution in [0.4, 0.5) is 10.2 Å². The van der Waals surface area contributed by atoms with E-state index in [1.54, 1.807) is 18.4 Å². The summed E-state index contributed by atoms with van der Waals surface area (Å²) >= 11 is 0. The van der Waals surface area contributed by atoms with E-state index in [1.807, 2.05) is 0 Å². The summed E-state index contributed by atoms with van der Waals surface area (Å²) in [5, 5.41) is 13.1. The van der Waals surface area contributed by atoms with E-state index >= 15 is 0 Å². The van der Waals surface area contributed by atoms with Gasteiger partial charge in [-0.15, -0.1) is 0 Å². The van der Waals surface area contributed by atoms with Crippen molar-refractivity contribution in [1.29, 1.82) is 0 Å². The van der Waals surface area contributed by atoms with Crippen molar-refractivity contribution in [2.24, 2.45) is 0 Å². The van der Waals surface area contributed by atoms with E-state index in [9.17, 15) is 18.9 Å². The summed E-state index contributed by atoms with van der Waals surface area (Å²) < 4.78 is 50.7. The van der Waals surface area contributed by atoms with Gasteiger partial charge in [0.2, 0.25) is 0 Å². The minimum absolute atomic E-state index is 0.0367. The topological polar surface area (TPSA) is 173 Å². The Bertz CT molecular complexity index is 1290. The Morgan fingerprint density at radius 3 is 2.73 bits per heavy atom. The molecule has 0 bridgehead atoms. The number of aromatic nitrogens is 4. The molecule has 1 fully saturated rings. The van der Waals surface area contributed by atoms with Crippen LogP contribution in [0.2, 0.25) is 0 Å². The van der Waals surface area contributed by atoms with E-state index in [-0.39, 0.29) is 24.6 Å². The molecule has 200 valence electrons. The van der Waals surface area contributed by atoms with Crippen LogP contribution in [-0.4, -0.2) is 61.6 Å². The molecule has 13 nitrogen and oxygen atoms in total. The summed E-state index contributed by atoms with van der Waals surface area (Å²) in [7, 11) is -4.23. The third-order valence-corrected chi connectivity index (χ3v) is 7.05. The Morgan fingerprint density at radius 1 is 1.30 bits per heavy atom. The third kappa shape index (κ3) is 6.40. The maximum absolute atomic E-state index is 13.6. The molecular formula is C22H28FN6O7P. The summed E-state index contributed by atoms with van der Waals surface area (Å²) in [5.74, 6) is -0.948. The number of rotatable bonds is 10. The number of nitrogens with one attached hydrogen (secondary N) is 1. The highest BCUT2D eigenvalue weighted by atomic mass is 31.2. The molecule has 0 radical (unpaired) electrons. The first-order chi connectivity index (χ1) is 17.5. The number of anilines is 1. The zero-order chi connectivity index (χ0) is 26.7. The number of esters is 1. The number of aliphatic hydroxyl groups excluding tert-OH is 1. The van der Waals surface area contributed by atoms with Gasteiger partial charge < -0.3 is 24.8 Å². The summed E-state index contributed by atoms with van der Waals surface area (Å²) in [6.07, 6.45) is -0.0283. The van der Waals surface area contributed by atoms with Crippen molar-refractivity contribution in [2.75, 3.05) is 12.3 Å². The number of halogens is 1. The molecule has 15 heteroatoms. The number of hydrogen-bond donors (Lipinski definition) is 3. The van der Waals surface area contributed by atoms with Crippen LogP contribution in [0.15, 0.2) is 36.9 Å². The van der Waals surface area contributed by atoms with Gasteiger partial charge in [-0.1, -0.05) is 0 Å². The molecule has 37 heavy (non-hydrogen) atoms. The van der Waals surface area contributed by atoms with E-state index in [2.05, 4.69) is 20.0 Å². The quantitative estimate of drug-likeness (QED) is 0.254. The monoisotopic (exact) mass is 538 g/mol.